The smallest absolute Gasteiger partial charge is 0.0762 e. The highest BCUT2D eigenvalue weighted by Crippen LogP contribution is 2.27. The van der Waals surface area contributed by atoms with Crippen molar-refractivity contribution in [1.29, 1.82) is 0 Å². The lowest BCUT2D eigenvalue weighted by Crippen LogP contribution is -2.17. The van der Waals surface area contributed by atoms with E-state index in [2.05, 4.69) is 36.1 Å². The lowest BCUT2D eigenvalue weighted by Gasteiger charge is -2.21. The Morgan fingerprint density at radius 2 is 2.11 bits per heavy atom. The molecule has 0 saturated heterocycles. The molecule has 1 aromatic heterocycles. The van der Waals surface area contributed by atoms with E-state index < -0.39 is 0 Å². The minimum atomic E-state index is 0.656. The standard InChI is InChI=1S/C16H29N3/c1-14(2)7-6-11-17-13-15-10-12-19(18-15)16-8-4-3-5-9-16/h10,12,14,16-17H,3-9,11,13H2,1-2H3. The molecule has 0 unspecified atom stereocenters. The Bertz CT molecular complexity index is 351. The molecule has 1 aromatic rings. The monoisotopic (exact) mass is 263 g/mol. The molecule has 0 aromatic carbocycles. The molecule has 1 aliphatic carbocycles. The maximum atomic E-state index is 4.72. The first-order valence-electron chi connectivity index (χ1n) is 8.00. The van der Waals surface area contributed by atoms with Crippen molar-refractivity contribution in [2.24, 2.45) is 5.92 Å². The van der Waals surface area contributed by atoms with Crippen LogP contribution in [0.1, 0.15) is 70.5 Å². The molecule has 0 spiro atoms. The highest BCUT2D eigenvalue weighted by molar-refractivity contribution is 4.99. The van der Waals surface area contributed by atoms with Gasteiger partial charge in [0, 0.05) is 12.7 Å². The number of nitrogens with zero attached hydrogens (tertiary/aromatic N) is 2. The summed E-state index contributed by atoms with van der Waals surface area (Å²) in [5.74, 6) is 0.812. The number of rotatable bonds is 7. The summed E-state index contributed by atoms with van der Waals surface area (Å²) < 4.78 is 2.20. The topological polar surface area (TPSA) is 29.9 Å². The number of hydrogen-bond donors (Lipinski definition) is 1. The van der Waals surface area contributed by atoms with Gasteiger partial charge in [-0.2, -0.15) is 5.10 Å². The summed E-state index contributed by atoms with van der Waals surface area (Å²) >= 11 is 0. The molecular weight excluding hydrogens is 234 g/mol. The Morgan fingerprint density at radius 3 is 2.84 bits per heavy atom. The molecule has 0 aliphatic heterocycles. The van der Waals surface area contributed by atoms with E-state index >= 15 is 0 Å². The van der Waals surface area contributed by atoms with E-state index in [4.69, 9.17) is 5.10 Å². The molecule has 2 rings (SSSR count). The third kappa shape index (κ3) is 4.98. The van der Waals surface area contributed by atoms with Crippen LogP contribution in [0.25, 0.3) is 0 Å². The van der Waals surface area contributed by atoms with Gasteiger partial charge in [0.1, 0.15) is 0 Å². The fourth-order valence-corrected chi connectivity index (χ4v) is 2.87. The Morgan fingerprint density at radius 1 is 1.32 bits per heavy atom. The highest BCUT2D eigenvalue weighted by atomic mass is 15.3. The molecule has 1 N–H and O–H groups in total. The Balaban J connectivity index is 1.68. The molecule has 1 fully saturated rings. The quantitative estimate of drug-likeness (QED) is 0.756. The molecule has 3 heteroatoms. The largest absolute Gasteiger partial charge is 0.311 e. The normalized spacial score (nSPS) is 17.2. The SMILES string of the molecule is CC(C)CCCNCc1ccn(C2CCCCC2)n1. The van der Waals surface area contributed by atoms with Crippen LogP contribution in [-0.2, 0) is 6.54 Å². The molecule has 19 heavy (non-hydrogen) atoms. The zero-order valence-electron chi connectivity index (χ0n) is 12.6. The first-order chi connectivity index (χ1) is 9.25. The first-order valence-corrected chi connectivity index (χ1v) is 8.00. The fraction of sp³-hybridized carbons (Fsp3) is 0.812. The van der Waals surface area contributed by atoms with Crippen LogP contribution in [0, 0.1) is 5.92 Å². The maximum absolute atomic E-state index is 4.72. The van der Waals surface area contributed by atoms with Gasteiger partial charge in [0.25, 0.3) is 0 Å². The summed E-state index contributed by atoms with van der Waals surface area (Å²) in [5, 5.41) is 8.22. The van der Waals surface area contributed by atoms with Crippen molar-refractivity contribution in [1.82, 2.24) is 15.1 Å². The van der Waals surface area contributed by atoms with Gasteiger partial charge in [-0.05, 0) is 44.2 Å². The van der Waals surface area contributed by atoms with Gasteiger partial charge < -0.3 is 5.32 Å². The van der Waals surface area contributed by atoms with Crippen LogP contribution >= 0.6 is 0 Å². The number of nitrogens with one attached hydrogen (secondary N) is 1. The third-order valence-corrected chi connectivity index (χ3v) is 4.05. The zero-order valence-corrected chi connectivity index (χ0v) is 12.6. The molecule has 0 atom stereocenters. The average Bonchev–Trinajstić information content (AvgIpc) is 2.88. The van der Waals surface area contributed by atoms with Crippen molar-refractivity contribution in [3.8, 4) is 0 Å². The maximum Gasteiger partial charge on any atom is 0.0762 e. The van der Waals surface area contributed by atoms with Gasteiger partial charge in [-0.3, -0.25) is 4.68 Å². The van der Waals surface area contributed by atoms with Crippen molar-refractivity contribution >= 4 is 0 Å². The molecule has 0 radical (unpaired) electrons. The van der Waals surface area contributed by atoms with Crippen LogP contribution in [0.2, 0.25) is 0 Å². The predicted octanol–water partition coefficient (Wildman–Crippen LogP) is 3.91. The Kier molecular flexibility index (Phi) is 5.90. The van der Waals surface area contributed by atoms with Gasteiger partial charge in [-0.1, -0.05) is 33.1 Å². The van der Waals surface area contributed by atoms with Gasteiger partial charge in [0.2, 0.25) is 0 Å². The Labute approximate surface area is 117 Å². The predicted molar refractivity (Wildman–Crippen MR) is 80.1 cm³/mol. The van der Waals surface area contributed by atoms with Crippen molar-refractivity contribution in [2.75, 3.05) is 6.54 Å². The van der Waals surface area contributed by atoms with Crippen molar-refractivity contribution in [3.63, 3.8) is 0 Å². The van der Waals surface area contributed by atoms with E-state index in [0.29, 0.717) is 6.04 Å². The first kappa shape index (κ1) is 14.6. The van der Waals surface area contributed by atoms with Crippen LogP contribution in [0.5, 0.6) is 0 Å². The molecule has 0 bridgehead atoms. The van der Waals surface area contributed by atoms with E-state index in [1.807, 2.05) is 0 Å². The summed E-state index contributed by atoms with van der Waals surface area (Å²) in [6.45, 7) is 6.59. The minimum absolute atomic E-state index is 0.656. The minimum Gasteiger partial charge on any atom is -0.311 e. The van der Waals surface area contributed by atoms with E-state index in [-0.39, 0.29) is 0 Å². The number of hydrogen-bond acceptors (Lipinski definition) is 2. The summed E-state index contributed by atoms with van der Waals surface area (Å²) in [6, 6.07) is 2.83. The van der Waals surface area contributed by atoms with Crippen LogP contribution in [-0.4, -0.2) is 16.3 Å². The van der Waals surface area contributed by atoms with Crippen LogP contribution in [0.15, 0.2) is 12.3 Å². The molecule has 1 aliphatic rings. The van der Waals surface area contributed by atoms with E-state index in [9.17, 15) is 0 Å². The highest BCUT2D eigenvalue weighted by Gasteiger charge is 2.15. The molecule has 0 amide bonds. The van der Waals surface area contributed by atoms with Crippen LogP contribution in [0.4, 0.5) is 0 Å². The van der Waals surface area contributed by atoms with E-state index in [1.54, 1.807) is 0 Å². The second-order valence-electron chi connectivity index (χ2n) is 6.29. The van der Waals surface area contributed by atoms with Gasteiger partial charge >= 0.3 is 0 Å². The van der Waals surface area contributed by atoms with Crippen molar-refractivity contribution < 1.29 is 0 Å². The zero-order chi connectivity index (χ0) is 13.5. The van der Waals surface area contributed by atoms with Gasteiger partial charge in [0.05, 0.1) is 11.7 Å². The molecule has 1 saturated carbocycles. The summed E-state index contributed by atoms with van der Waals surface area (Å²) in [5.41, 5.74) is 1.19. The lowest BCUT2D eigenvalue weighted by molar-refractivity contribution is 0.327. The number of aromatic nitrogens is 2. The lowest BCUT2D eigenvalue weighted by atomic mass is 9.96. The third-order valence-electron chi connectivity index (χ3n) is 4.05. The summed E-state index contributed by atoms with van der Waals surface area (Å²) in [6.07, 6.45) is 11.5. The molecule has 108 valence electrons. The summed E-state index contributed by atoms with van der Waals surface area (Å²) in [4.78, 5) is 0. The molecular formula is C16H29N3. The molecule has 3 nitrogen and oxygen atoms in total. The average molecular weight is 263 g/mol. The van der Waals surface area contributed by atoms with E-state index in [0.717, 1.165) is 19.0 Å². The second kappa shape index (κ2) is 7.68. The van der Waals surface area contributed by atoms with Crippen LogP contribution < -0.4 is 5.32 Å². The van der Waals surface area contributed by atoms with E-state index in [1.165, 1.54) is 50.6 Å². The van der Waals surface area contributed by atoms with Gasteiger partial charge in [-0.25, -0.2) is 0 Å². The fourth-order valence-electron chi connectivity index (χ4n) is 2.87. The van der Waals surface area contributed by atoms with Gasteiger partial charge in [0.15, 0.2) is 0 Å². The van der Waals surface area contributed by atoms with Gasteiger partial charge in [-0.15, -0.1) is 0 Å². The molecule has 1 heterocycles. The second-order valence-corrected chi connectivity index (χ2v) is 6.29. The van der Waals surface area contributed by atoms with Crippen molar-refractivity contribution in [3.05, 3.63) is 18.0 Å². The summed E-state index contributed by atoms with van der Waals surface area (Å²) in [7, 11) is 0. The van der Waals surface area contributed by atoms with Crippen molar-refractivity contribution in [2.45, 2.75) is 71.4 Å². The van der Waals surface area contributed by atoms with Crippen LogP contribution in [0.3, 0.4) is 0 Å². The Hall–Kier alpha value is -0.830.